The molecule has 1 heterocycles. The molecule has 1 aliphatic heterocycles. The molecule has 0 unspecified atom stereocenters. The second-order valence-electron chi connectivity index (χ2n) is 3.37. The molecule has 8 heteroatoms. The van der Waals surface area contributed by atoms with Crippen LogP contribution in [0.3, 0.4) is 0 Å². The van der Waals surface area contributed by atoms with E-state index in [1.165, 1.54) is 24.3 Å². The summed E-state index contributed by atoms with van der Waals surface area (Å²) in [5.74, 6) is -0.685. The van der Waals surface area contributed by atoms with Gasteiger partial charge in [-0.3, -0.25) is 14.9 Å². The average Bonchev–Trinajstić information content (AvgIpc) is 2.60. The van der Waals surface area contributed by atoms with Crippen molar-refractivity contribution in [3.8, 4) is 5.75 Å². The number of rotatable bonds is 2. The molecule has 0 spiro atoms. The highest BCUT2D eigenvalue weighted by Crippen LogP contribution is 2.30. The van der Waals surface area contributed by atoms with Crippen molar-refractivity contribution in [1.82, 2.24) is 0 Å². The van der Waals surface area contributed by atoms with Gasteiger partial charge in [-0.1, -0.05) is 0 Å². The number of phenols is 1. The van der Waals surface area contributed by atoms with Gasteiger partial charge < -0.3 is 10.8 Å². The average molecular weight is 265 g/mol. The molecule has 0 bridgehead atoms. The Labute approximate surface area is 105 Å². The molecular formula is C10H7N3O4S. The molecule has 0 fully saturated rings. The first kappa shape index (κ1) is 12.1. The van der Waals surface area contributed by atoms with Crippen LogP contribution < -0.4 is 5.73 Å². The van der Waals surface area contributed by atoms with E-state index in [2.05, 4.69) is 4.99 Å². The molecule has 1 aromatic carbocycles. The Bertz CT molecular complexity index is 609. The highest BCUT2D eigenvalue weighted by Gasteiger charge is 2.20. The number of carbonyl (C=O) groups excluding carboxylic acids is 1. The maximum atomic E-state index is 11.3. The first-order valence-electron chi connectivity index (χ1n) is 4.73. The van der Waals surface area contributed by atoms with Gasteiger partial charge in [0.25, 0.3) is 11.6 Å². The van der Waals surface area contributed by atoms with Gasteiger partial charge in [0.1, 0.15) is 5.75 Å². The number of carbonyl (C=O) groups is 1. The largest absolute Gasteiger partial charge is 0.507 e. The maximum Gasteiger partial charge on any atom is 0.286 e. The van der Waals surface area contributed by atoms with E-state index in [0.717, 1.165) is 11.8 Å². The van der Waals surface area contributed by atoms with E-state index < -0.39 is 10.8 Å². The zero-order chi connectivity index (χ0) is 13.3. The number of hydrogen-bond donors (Lipinski definition) is 2. The van der Waals surface area contributed by atoms with Crippen molar-refractivity contribution in [2.45, 2.75) is 0 Å². The summed E-state index contributed by atoms with van der Waals surface area (Å²) in [5.41, 5.74) is 5.36. The summed E-state index contributed by atoms with van der Waals surface area (Å²) in [6.45, 7) is 0. The summed E-state index contributed by atoms with van der Waals surface area (Å²) in [6.07, 6.45) is 1.32. The molecule has 0 saturated carbocycles. The molecule has 1 amide bonds. The fourth-order valence-corrected chi connectivity index (χ4v) is 2.01. The lowest BCUT2D eigenvalue weighted by atomic mass is 10.1. The van der Waals surface area contributed by atoms with E-state index in [1.54, 1.807) is 0 Å². The SMILES string of the molecule is NC1=NC(=O)C(=Cc2cc([N+](=O)[O-])ccc2O)S1. The van der Waals surface area contributed by atoms with Crippen LogP contribution in [0.1, 0.15) is 5.56 Å². The van der Waals surface area contributed by atoms with E-state index >= 15 is 0 Å². The van der Waals surface area contributed by atoms with E-state index in [4.69, 9.17) is 5.73 Å². The van der Waals surface area contributed by atoms with Gasteiger partial charge >= 0.3 is 0 Å². The van der Waals surface area contributed by atoms with Gasteiger partial charge in [0.05, 0.1) is 9.83 Å². The summed E-state index contributed by atoms with van der Waals surface area (Å²) in [7, 11) is 0. The number of thioether (sulfide) groups is 1. The van der Waals surface area contributed by atoms with Crippen molar-refractivity contribution in [3.05, 3.63) is 38.8 Å². The third-order valence-corrected chi connectivity index (χ3v) is 2.96. The minimum atomic E-state index is -0.587. The highest BCUT2D eigenvalue weighted by molar-refractivity contribution is 8.18. The minimum absolute atomic E-state index is 0.108. The lowest BCUT2D eigenvalue weighted by Crippen LogP contribution is -2.01. The van der Waals surface area contributed by atoms with Crippen molar-refractivity contribution in [2.24, 2.45) is 10.7 Å². The number of aromatic hydroxyl groups is 1. The molecule has 0 atom stereocenters. The number of benzene rings is 1. The Balaban J connectivity index is 2.40. The number of nitro groups is 1. The number of nitro benzene ring substituents is 1. The van der Waals surface area contributed by atoms with Crippen LogP contribution in [-0.4, -0.2) is 21.1 Å². The van der Waals surface area contributed by atoms with Gasteiger partial charge in [-0.15, -0.1) is 0 Å². The molecule has 18 heavy (non-hydrogen) atoms. The summed E-state index contributed by atoms with van der Waals surface area (Å²) in [6, 6.07) is 3.54. The smallest absolute Gasteiger partial charge is 0.286 e. The highest BCUT2D eigenvalue weighted by atomic mass is 32.2. The van der Waals surface area contributed by atoms with E-state index in [9.17, 15) is 20.0 Å². The summed E-state index contributed by atoms with van der Waals surface area (Å²) >= 11 is 0.950. The van der Waals surface area contributed by atoms with Crippen LogP contribution in [0.2, 0.25) is 0 Å². The molecule has 3 N–H and O–H groups in total. The molecule has 0 aliphatic carbocycles. The van der Waals surface area contributed by atoms with Crippen LogP contribution in [0.25, 0.3) is 6.08 Å². The Kier molecular flexibility index (Phi) is 3.02. The summed E-state index contributed by atoms with van der Waals surface area (Å²) in [5, 5.41) is 20.3. The van der Waals surface area contributed by atoms with Crippen molar-refractivity contribution in [2.75, 3.05) is 0 Å². The van der Waals surface area contributed by atoms with Gasteiger partial charge in [-0.2, -0.15) is 4.99 Å². The van der Waals surface area contributed by atoms with Crippen LogP contribution in [0.4, 0.5) is 5.69 Å². The predicted octanol–water partition coefficient (Wildman–Crippen LogP) is 1.23. The Morgan fingerprint density at radius 2 is 2.22 bits per heavy atom. The fourth-order valence-electron chi connectivity index (χ4n) is 1.34. The second kappa shape index (κ2) is 4.49. The van der Waals surface area contributed by atoms with Crippen LogP contribution in [0, 0.1) is 10.1 Å². The first-order valence-corrected chi connectivity index (χ1v) is 5.54. The van der Waals surface area contributed by atoms with Gasteiger partial charge in [0.2, 0.25) is 0 Å². The Morgan fingerprint density at radius 1 is 1.50 bits per heavy atom. The Hall–Kier alpha value is -2.35. The number of nitrogens with zero attached hydrogens (tertiary/aromatic N) is 2. The molecule has 1 aromatic rings. The standard InChI is InChI=1S/C10H7N3O4S/c11-10-12-9(15)8(18-10)4-5-3-6(13(16)17)1-2-7(5)14/h1-4,14H,(H2,11,12,15). The molecule has 1 aliphatic rings. The molecule has 92 valence electrons. The van der Waals surface area contributed by atoms with Gasteiger partial charge in [-0.05, 0) is 23.9 Å². The third kappa shape index (κ3) is 2.33. The number of amidine groups is 1. The fraction of sp³-hybridized carbons (Fsp3) is 0. The number of non-ortho nitro benzene ring substituents is 1. The quantitative estimate of drug-likeness (QED) is 0.471. The van der Waals surface area contributed by atoms with Gasteiger partial charge in [0, 0.05) is 17.7 Å². The molecule has 0 saturated heterocycles. The van der Waals surface area contributed by atoms with Crippen molar-refractivity contribution in [3.63, 3.8) is 0 Å². The molecule has 7 nitrogen and oxygen atoms in total. The van der Waals surface area contributed by atoms with E-state index in [1.807, 2.05) is 0 Å². The molecular weight excluding hydrogens is 258 g/mol. The van der Waals surface area contributed by atoms with Crippen LogP contribution >= 0.6 is 11.8 Å². The molecule has 0 radical (unpaired) electrons. The van der Waals surface area contributed by atoms with Crippen LogP contribution in [0.5, 0.6) is 5.75 Å². The monoisotopic (exact) mass is 265 g/mol. The van der Waals surface area contributed by atoms with E-state index in [-0.39, 0.29) is 27.1 Å². The number of aliphatic imine (C=N–C) groups is 1. The zero-order valence-corrected chi connectivity index (χ0v) is 9.68. The van der Waals surface area contributed by atoms with Crippen molar-refractivity contribution < 1.29 is 14.8 Å². The van der Waals surface area contributed by atoms with Crippen molar-refractivity contribution in [1.29, 1.82) is 0 Å². The zero-order valence-electron chi connectivity index (χ0n) is 8.86. The first-order chi connectivity index (χ1) is 8.47. The lowest BCUT2D eigenvalue weighted by Gasteiger charge is -2.00. The summed E-state index contributed by atoms with van der Waals surface area (Å²) < 4.78 is 0. The van der Waals surface area contributed by atoms with Gasteiger partial charge in [0.15, 0.2) is 5.17 Å². The predicted molar refractivity (Wildman–Crippen MR) is 67.0 cm³/mol. The van der Waals surface area contributed by atoms with Crippen LogP contribution in [-0.2, 0) is 4.79 Å². The number of nitrogens with two attached hydrogens (primary N) is 1. The molecule has 0 aromatic heterocycles. The second-order valence-corrected chi connectivity index (χ2v) is 4.43. The summed E-state index contributed by atoms with van der Waals surface area (Å²) in [4.78, 5) is 25.1. The Morgan fingerprint density at radius 3 is 2.78 bits per heavy atom. The normalized spacial score (nSPS) is 17.0. The number of hydrogen-bond acceptors (Lipinski definition) is 6. The number of phenolic OH excluding ortho intramolecular Hbond substituents is 1. The topological polar surface area (TPSA) is 119 Å². The third-order valence-electron chi connectivity index (χ3n) is 2.15. The van der Waals surface area contributed by atoms with Gasteiger partial charge in [-0.25, -0.2) is 0 Å². The number of amides is 1. The minimum Gasteiger partial charge on any atom is -0.507 e. The maximum absolute atomic E-state index is 11.3. The van der Waals surface area contributed by atoms with Crippen LogP contribution in [0.15, 0.2) is 28.1 Å². The van der Waals surface area contributed by atoms with Crippen molar-refractivity contribution >= 4 is 34.6 Å². The van der Waals surface area contributed by atoms with E-state index in [0.29, 0.717) is 0 Å². The lowest BCUT2D eigenvalue weighted by molar-refractivity contribution is -0.384. The molecule has 2 rings (SSSR count).